The lowest BCUT2D eigenvalue weighted by atomic mass is 9.96. The summed E-state index contributed by atoms with van der Waals surface area (Å²) >= 11 is 0. The molecule has 1 aliphatic rings. The van der Waals surface area contributed by atoms with Crippen LogP contribution in [0.5, 0.6) is 0 Å². The van der Waals surface area contributed by atoms with Crippen molar-refractivity contribution < 1.29 is 0 Å². The van der Waals surface area contributed by atoms with Gasteiger partial charge in [0.1, 0.15) is 11.6 Å². The molecule has 0 amide bonds. The molecule has 0 radical (unpaired) electrons. The van der Waals surface area contributed by atoms with Crippen molar-refractivity contribution in [1.82, 2.24) is 14.9 Å². The van der Waals surface area contributed by atoms with Gasteiger partial charge in [0.15, 0.2) is 0 Å². The van der Waals surface area contributed by atoms with E-state index in [0.717, 1.165) is 37.2 Å². The summed E-state index contributed by atoms with van der Waals surface area (Å²) < 4.78 is 0. The molecule has 106 valence electrons. The van der Waals surface area contributed by atoms with Gasteiger partial charge in [0.05, 0.1) is 12.4 Å². The predicted molar refractivity (Wildman–Crippen MR) is 79.7 cm³/mol. The summed E-state index contributed by atoms with van der Waals surface area (Å²) in [4.78, 5) is 13.5. The zero-order valence-corrected chi connectivity index (χ0v) is 12.3. The molecule has 19 heavy (non-hydrogen) atoms. The standard InChI is InChI=1S/C14H25N5/c1-4-16-13-9-15-10-14(17-13)19-7-5-12(6-8-19)11-18(2)3/h9-10,12H,4-8,11H2,1-3H3,(H,16,17). The molecule has 0 spiro atoms. The van der Waals surface area contributed by atoms with E-state index < -0.39 is 0 Å². The Balaban J connectivity index is 1.92. The summed E-state index contributed by atoms with van der Waals surface area (Å²) in [7, 11) is 4.30. The molecule has 0 bridgehead atoms. The van der Waals surface area contributed by atoms with E-state index in [1.54, 1.807) is 6.20 Å². The summed E-state index contributed by atoms with van der Waals surface area (Å²) in [6, 6.07) is 0. The van der Waals surface area contributed by atoms with Crippen LogP contribution in [0.25, 0.3) is 0 Å². The summed E-state index contributed by atoms with van der Waals surface area (Å²) in [5, 5.41) is 3.21. The lowest BCUT2D eigenvalue weighted by Crippen LogP contribution is -2.37. The van der Waals surface area contributed by atoms with Gasteiger partial charge < -0.3 is 15.1 Å². The molecule has 0 saturated carbocycles. The van der Waals surface area contributed by atoms with Crippen molar-refractivity contribution in [3.05, 3.63) is 12.4 Å². The van der Waals surface area contributed by atoms with Crippen LogP contribution in [0.3, 0.4) is 0 Å². The van der Waals surface area contributed by atoms with E-state index in [-0.39, 0.29) is 0 Å². The summed E-state index contributed by atoms with van der Waals surface area (Å²) in [6.45, 7) is 6.31. The monoisotopic (exact) mass is 263 g/mol. The van der Waals surface area contributed by atoms with E-state index in [1.165, 1.54) is 19.4 Å². The third kappa shape index (κ3) is 4.06. The fourth-order valence-electron chi connectivity index (χ4n) is 2.64. The molecule has 0 atom stereocenters. The van der Waals surface area contributed by atoms with Crippen molar-refractivity contribution in [3.8, 4) is 0 Å². The molecule has 0 unspecified atom stereocenters. The highest BCUT2D eigenvalue weighted by Crippen LogP contribution is 2.22. The number of piperidine rings is 1. The molecule has 1 fully saturated rings. The van der Waals surface area contributed by atoms with Crippen LogP contribution >= 0.6 is 0 Å². The van der Waals surface area contributed by atoms with Crippen LogP contribution in [0, 0.1) is 5.92 Å². The Hall–Kier alpha value is -1.36. The van der Waals surface area contributed by atoms with E-state index >= 15 is 0 Å². The van der Waals surface area contributed by atoms with Gasteiger partial charge in [-0.1, -0.05) is 0 Å². The molecule has 1 N–H and O–H groups in total. The average molecular weight is 263 g/mol. The summed E-state index contributed by atoms with van der Waals surface area (Å²) in [5.74, 6) is 2.69. The van der Waals surface area contributed by atoms with Crippen LogP contribution in [0.2, 0.25) is 0 Å². The van der Waals surface area contributed by atoms with Gasteiger partial charge in [-0.3, -0.25) is 4.98 Å². The van der Waals surface area contributed by atoms with Gasteiger partial charge in [0, 0.05) is 26.2 Å². The van der Waals surface area contributed by atoms with Crippen LogP contribution < -0.4 is 10.2 Å². The predicted octanol–water partition coefficient (Wildman–Crippen LogP) is 1.69. The van der Waals surface area contributed by atoms with E-state index in [9.17, 15) is 0 Å². The Labute approximate surface area is 116 Å². The molecule has 1 aliphatic heterocycles. The van der Waals surface area contributed by atoms with Gasteiger partial charge in [-0.25, -0.2) is 4.98 Å². The highest BCUT2D eigenvalue weighted by atomic mass is 15.2. The molecule has 0 aliphatic carbocycles. The van der Waals surface area contributed by atoms with Crippen LogP contribution in [0.15, 0.2) is 12.4 Å². The zero-order chi connectivity index (χ0) is 13.7. The highest BCUT2D eigenvalue weighted by molar-refractivity contribution is 5.44. The van der Waals surface area contributed by atoms with E-state index in [1.807, 2.05) is 6.20 Å². The van der Waals surface area contributed by atoms with Gasteiger partial charge in [-0.05, 0) is 39.8 Å². The Morgan fingerprint density at radius 3 is 2.68 bits per heavy atom. The minimum Gasteiger partial charge on any atom is -0.369 e. The largest absolute Gasteiger partial charge is 0.369 e. The van der Waals surface area contributed by atoms with E-state index in [0.29, 0.717) is 0 Å². The highest BCUT2D eigenvalue weighted by Gasteiger charge is 2.20. The Morgan fingerprint density at radius 1 is 1.32 bits per heavy atom. The smallest absolute Gasteiger partial charge is 0.149 e. The topological polar surface area (TPSA) is 44.3 Å². The van der Waals surface area contributed by atoms with Crippen molar-refractivity contribution >= 4 is 11.6 Å². The molecular weight excluding hydrogens is 238 g/mol. The number of nitrogens with zero attached hydrogens (tertiary/aromatic N) is 4. The molecule has 1 aromatic rings. The fourth-order valence-corrected chi connectivity index (χ4v) is 2.64. The van der Waals surface area contributed by atoms with Crippen LogP contribution in [-0.4, -0.2) is 55.1 Å². The third-order valence-corrected chi connectivity index (χ3v) is 3.54. The molecular formula is C14H25N5. The molecule has 5 heteroatoms. The summed E-state index contributed by atoms with van der Waals surface area (Å²) in [6.07, 6.45) is 6.13. The maximum Gasteiger partial charge on any atom is 0.149 e. The number of aromatic nitrogens is 2. The Kier molecular flexibility index (Phi) is 4.96. The molecule has 2 heterocycles. The van der Waals surface area contributed by atoms with Crippen LogP contribution in [0.4, 0.5) is 11.6 Å². The quantitative estimate of drug-likeness (QED) is 0.876. The third-order valence-electron chi connectivity index (χ3n) is 3.54. The fraction of sp³-hybridized carbons (Fsp3) is 0.714. The lowest BCUT2D eigenvalue weighted by Gasteiger charge is -2.33. The number of anilines is 2. The average Bonchev–Trinajstić information content (AvgIpc) is 2.40. The molecule has 5 nitrogen and oxygen atoms in total. The second-order valence-corrected chi connectivity index (χ2v) is 5.49. The molecule has 0 aromatic carbocycles. The van der Waals surface area contributed by atoms with E-state index in [2.05, 4.69) is 46.1 Å². The van der Waals surface area contributed by atoms with Crippen molar-refractivity contribution in [2.24, 2.45) is 5.92 Å². The van der Waals surface area contributed by atoms with Crippen LogP contribution in [-0.2, 0) is 0 Å². The number of hydrogen-bond donors (Lipinski definition) is 1. The minimum atomic E-state index is 0.816. The first-order valence-corrected chi connectivity index (χ1v) is 7.14. The van der Waals surface area contributed by atoms with Crippen LogP contribution in [0.1, 0.15) is 19.8 Å². The minimum absolute atomic E-state index is 0.816. The van der Waals surface area contributed by atoms with Crippen molar-refractivity contribution in [1.29, 1.82) is 0 Å². The normalized spacial score (nSPS) is 16.9. The lowest BCUT2D eigenvalue weighted by molar-refractivity contribution is 0.284. The van der Waals surface area contributed by atoms with Gasteiger partial charge in [0.2, 0.25) is 0 Å². The van der Waals surface area contributed by atoms with E-state index in [4.69, 9.17) is 0 Å². The Morgan fingerprint density at radius 2 is 2.05 bits per heavy atom. The Bertz CT molecular complexity index is 385. The zero-order valence-electron chi connectivity index (χ0n) is 12.3. The summed E-state index contributed by atoms with van der Waals surface area (Å²) in [5.41, 5.74) is 0. The molecule has 1 saturated heterocycles. The first kappa shape index (κ1) is 14.1. The van der Waals surface area contributed by atoms with Gasteiger partial charge in [0.25, 0.3) is 0 Å². The van der Waals surface area contributed by atoms with Gasteiger partial charge in [-0.2, -0.15) is 0 Å². The van der Waals surface area contributed by atoms with Crippen molar-refractivity contribution in [2.75, 3.05) is 50.5 Å². The number of hydrogen-bond acceptors (Lipinski definition) is 5. The number of nitrogens with one attached hydrogen (secondary N) is 1. The number of rotatable bonds is 5. The second-order valence-electron chi connectivity index (χ2n) is 5.49. The molecule has 1 aromatic heterocycles. The first-order chi connectivity index (χ1) is 9.19. The maximum absolute atomic E-state index is 4.61. The van der Waals surface area contributed by atoms with Gasteiger partial charge in [-0.15, -0.1) is 0 Å². The SMILES string of the molecule is CCNc1cncc(N2CCC(CN(C)C)CC2)n1. The maximum atomic E-state index is 4.61. The second kappa shape index (κ2) is 6.70. The van der Waals surface area contributed by atoms with Gasteiger partial charge >= 0.3 is 0 Å². The molecule has 2 rings (SSSR count). The van der Waals surface area contributed by atoms with Crippen molar-refractivity contribution in [2.45, 2.75) is 19.8 Å². The first-order valence-electron chi connectivity index (χ1n) is 7.14. The van der Waals surface area contributed by atoms with Crippen molar-refractivity contribution in [3.63, 3.8) is 0 Å².